The predicted octanol–water partition coefficient (Wildman–Crippen LogP) is 0.350. The Kier molecular flexibility index (Phi) is 3.51. The quantitative estimate of drug-likeness (QED) is 0.544. The summed E-state index contributed by atoms with van der Waals surface area (Å²) in [5.74, 6) is 0. The first-order chi connectivity index (χ1) is 8.24. The van der Waals surface area contributed by atoms with Gasteiger partial charge in [-0.15, -0.1) is 0 Å². The Morgan fingerprint density at radius 3 is 3.18 bits per heavy atom. The zero-order chi connectivity index (χ0) is 12.3. The minimum absolute atomic E-state index is 0.219. The van der Waals surface area contributed by atoms with Crippen LogP contribution in [0.3, 0.4) is 0 Å². The molecule has 0 amide bonds. The summed E-state index contributed by atoms with van der Waals surface area (Å²) in [6, 6.07) is 0. The minimum Gasteiger partial charge on any atom is -0.296 e. The molecule has 2 rings (SSSR count). The number of rotatable bonds is 3. The fourth-order valence-electron chi connectivity index (χ4n) is 1.80. The number of aldehydes is 1. The van der Waals surface area contributed by atoms with Gasteiger partial charge in [0.05, 0.1) is 12.4 Å². The lowest BCUT2D eigenvalue weighted by Gasteiger charge is -2.23. The van der Waals surface area contributed by atoms with Crippen molar-refractivity contribution in [2.75, 3.05) is 13.7 Å². The van der Waals surface area contributed by atoms with Crippen LogP contribution < -0.4 is 10.7 Å². The van der Waals surface area contributed by atoms with Crippen molar-refractivity contribution in [1.29, 1.82) is 0 Å². The van der Waals surface area contributed by atoms with Gasteiger partial charge in [-0.2, -0.15) is 0 Å². The van der Waals surface area contributed by atoms with Crippen molar-refractivity contribution in [2.45, 2.75) is 13.1 Å². The van der Waals surface area contributed by atoms with E-state index in [1.165, 1.54) is 0 Å². The average Bonchev–Trinajstić information content (AvgIpc) is 2.82. The van der Waals surface area contributed by atoms with Crippen LogP contribution in [-0.4, -0.2) is 36.9 Å². The number of hydrazine groups is 1. The third-order valence-electron chi connectivity index (χ3n) is 2.81. The maximum absolute atomic E-state index is 10.7. The molecule has 0 saturated carbocycles. The third-order valence-corrected chi connectivity index (χ3v) is 2.81. The molecule has 0 aromatic heterocycles. The normalized spacial score (nSPS) is 24.7. The second-order valence-corrected chi connectivity index (χ2v) is 3.93. The smallest absolute Gasteiger partial charge is 0.167 e. The largest absolute Gasteiger partial charge is 0.296 e. The lowest BCUT2D eigenvalue weighted by Crippen LogP contribution is -2.35. The van der Waals surface area contributed by atoms with E-state index in [-0.39, 0.29) is 6.17 Å². The number of aliphatic imine (C=N–C) groups is 1. The monoisotopic (exact) mass is 232 g/mol. The molecular weight excluding hydrogens is 216 g/mol. The summed E-state index contributed by atoms with van der Waals surface area (Å²) in [5.41, 5.74) is 5.73. The van der Waals surface area contributed by atoms with Crippen molar-refractivity contribution in [2.24, 2.45) is 4.99 Å². The van der Waals surface area contributed by atoms with Gasteiger partial charge in [-0.25, -0.2) is 5.43 Å². The van der Waals surface area contributed by atoms with Gasteiger partial charge in [0.1, 0.15) is 6.17 Å². The number of nitrogens with zero attached hydrogens (tertiary/aromatic N) is 2. The fourth-order valence-corrected chi connectivity index (χ4v) is 1.80. The van der Waals surface area contributed by atoms with E-state index in [2.05, 4.69) is 21.8 Å². The lowest BCUT2D eigenvalue weighted by atomic mass is 10.0. The Morgan fingerprint density at radius 2 is 2.47 bits per heavy atom. The van der Waals surface area contributed by atoms with Gasteiger partial charge in [0, 0.05) is 13.2 Å². The Hall–Kier alpha value is -1.72. The SMILES string of the molecule is CN=C(C=O)/C=C(\C)C1=CN2NCNC2C=C1. The average molecular weight is 232 g/mol. The number of nitrogens with one attached hydrogen (secondary N) is 2. The van der Waals surface area contributed by atoms with Gasteiger partial charge in [-0.3, -0.25) is 20.1 Å². The van der Waals surface area contributed by atoms with E-state index in [4.69, 9.17) is 0 Å². The van der Waals surface area contributed by atoms with E-state index in [9.17, 15) is 4.79 Å². The van der Waals surface area contributed by atoms with Crippen molar-refractivity contribution in [1.82, 2.24) is 15.8 Å². The zero-order valence-electron chi connectivity index (χ0n) is 9.97. The summed E-state index contributed by atoms with van der Waals surface area (Å²) in [5, 5.41) is 5.28. The second-order valence-electron chi connectivity index (χ2n) is 3.93. The Labute approximate surface area is 101 Å². The summed E-state index contributed by atoms with van der Waals surface area (Å²) in [6.07, 6.45) is 8.91. The summed E-state index contributed by atoms with van der Waals surface area (Å²) in [4.78, 5) is 14.6. The highest BCUT2D eigenvalue weighted by Crippen LogP contribution is 2.18. The molecule has 1 fully saturated rings. The highest BCUT2D eigenvalue weighted by molar-refractivity contribution is 6.34. The molecule has 5 heteroatoms. The van der Waals surface area contributed by atoms with E-state index in [0.29, 0.717) is 5.71 Å². The van der Waals surface area contributed by atoms with Crippen molar-refractivity contribution in [3.8, 4) is 0 Å². The van der Waals surface area contributed by atoms with Crippen molar-refractivity contribution in [3.05, 3.63) is 35.6 Å². The van der Waals surface area contributed by atoms with Crippen molar-refractivity contribution >= 4 is 12.0 Å². The molecule has 0 aromatic carbocycles. The third kappa shape index (κ3) is 2.51. The number of allylic oxidation sites excluding steroid dienone is 4. The Bertz CT molecular complexity index is 434. The van der Waals surface area contributed by atoms with Gasteiger partial charge in [0.25, 0.3) is 0 Å². The molecule has 0 radical (unpaired) electrons. The van der Waals surface area contributed by atoms with E-state index < -0.39 is 0 Å². The van der Waals surface area contributed by atoms with Crippen LogP contribution in [0.5, 0.6) is 0 Å². The zero-order valence-corrected chi connectivity index (χ0v) is 9.97. The Morgan fingerprint density at radius 1 is 1.65 bits per heavy atom. The fraction of sp³-hybridized carbons (Fsp3) is 0.333. The van der Waals surface area contributed by atoms with Gasteiger partial charge in [0.15, 0.2) is 6.29 Å². The van der Waals surface area contributed by atoms with Crippen LogP contribution in [0.1, 0.15) is 6.92 Å². The van der Waals surface area contributed by atoms with Crippen molar-refractivity contribution < 1.29 is 4.79 Å². The first kappa shape index (κ1) is 11.8. The van der Waals surface area contributed by atoms with Crippen LogP contribution in [0.4, 0.5) is 0 Å². The van der Waals surface area contributed by atoms with Gasteiger partial charge in [-0.05, 0) is 30.2 Å². The van der Waals surface area contributed by atoms with E-state index in [1.807, 2.05) is 24.2 Å². The molecule has 0 spiro atoms. The summed E-state index contributed by atoms with van der Waals surface area (Å²) in [6.45, 7) is 2.73. The summed E-state index contributed by atoms with van der Waals surface area (Å²) in [7, 11) is 1.61. The molecule has 0 aliphatic carbocycles. The molecule has 0 aromatic rings. The highest BCUT2D eigenvalue weighted by atomic mass is 16.1. The van der Waals surface area contributed by atoms with E-state index in [1.54, 1.807) is 13.1 Å². The van der Waals surface area contributed by atoms with E-state index in [0.717, 1.165) is 24.1 Å². The molecule has 2 heterocycles. The molecule has 2 aliphatic rings. The van der Waals surface area contributed by atoms with E-state index >= 15 is 0 Å². The van der Waals surface area contributed by atoms with Crippen molar-refractivity contribution in [3.63, 3.8) is 0 Å². The highest BCUT2D eigenvalue weighted by Gasteiger charge is 2.21. The predicted molar refractivity (Wildman–Crippen MR) is 67.2 cm³/mol. The first-order valence-electron chi connectivity index (χ1n) is 5.50. The molecule has 5 nitrogen and oxygen atoms in total. The van der Waals surface area contributed by atoms with Gasteiger partial charge in [0.2, 0.25) is 0 Å². The Balaban J connectivity index is 2.18. The number of hydrogen-bond acceptors (Lipinski definition) is 5. The lowest BCUT2D eigenvalue weighted by molar-refractivity contribution is -0.102. The first-order valence-corrected chi connectivity index (χ1v) is 5.50. The molecule has 90 valence electrons. The molecule has 1 atom stereocenters. The topological polar surface area (TPSA) is 56.7 Å². The minimum atomic E-state index is 0.219. The molecule has 1 unspecified atom stereocenters. The van der Waals surface area contributed by atoms with Crippen LogP contribution in [-0.2, 0) is 4.79 Å². The second kappa shape index (κ2) is 5.07. The standard InChI is InChI=1S/C12H16N4O/c1-9(5-11(7-17)13-2)10-3-4-12-14-8-15-16(12)6-10/h3-7,12,14-15H,8H2,1-2H3/b9-5+,13-11?. The number of hydrogen-bond donors (Lipinski definition) is 2. The maximum Gasteiger partial charge on any atom is 0.167 e. The number of carbonyl (C=O) groups excluding carboxylic acids is 1. The number of fused-ring (bicyclic) bond motifs is 1. The van der Waals surface area contributed by atoms with Crippen LogP contribution in [0.2, 0.25) is 0 Å². The summed E-state index contributed by atoms with van der Waals surface area (Å²) >= 11 is 0. The molecule has 2 aliphatic heterocycles. The van der Waals surface area contributed by atoms with Crippen LogP contribution in [0, 0.1) is 0 Å². The molecular formula is C12H16N4O. The van der Waals surface area contributed by atoms with Crippen LogP contribution in [0.25, 0.3) is 0 Å². The number of carbonyl (C=O) groups is 1. The molecule has 1 saturated heterocycles. The van der Waals surface area contributed by atoms with Gasteiger partial charge >= 0.3 is 0 Å². The maximum atomic E-state index is 10.7. The molecule has 2 N–H and O–H groups in total. The molecule has 17 heavy (non-hydrogen) atoms. The van der Waals surface area contributed by atoms with Gasteiger partial charge in [-0.1, -0.05) is 6.08 Å². The summed E-state index contributed by atoms with van der Waals surface area (Å²) < 4.78 is 0. The van der Waals surface area contributed by atoms with Crippen LogP contribution >= 0.6 is 0 Å². The van der Waals surface area contributed by atoms with Gasteiger partial charge < -0.3 is 0 Å². The molecule has 0 bridgehead atoms. The van der Waals surface area contributed by atoms with Crippen LogP contribution in [0.15, 0.2) is 40.6 Å².